The molecule has 0 rings (SSSR count). The molecule has 0 saturated carbocycles. The van der Waals surface area contributed by atoms with Crippen LogP contribution < -0.4 is 0 Å². The third-order valence-electron chi connectivity index (χ3n) is 0. The fourth-order valence-electron chi connectivity index (χ4n) is 0. The molecule has 0 aromatic rings. The summed E-state index contributed by atoms with van der Waals surface area (Å²) in [4.78, 5) is 0. The molecule has 0 fully saturated rings. The van der Waals surface area contributed by atoms with Crippen molar-refractivity contribution in [3.05, 3.63) is 0 Å². The Morgan fingerprint density at radius 3 is 1.00 bits per heavy atom. The van der Waals surface area contributed by atoms with Gasteiger partial charge in [0.05, 0.1) is 0 Å². The molecule has 0 aliphatic carbocycles. The van der Waals surface area contributed by atoms with Crippen LogP contribution in [-0.4, -0.2) is 0 Å². The SMILES string of the molecule is [O]=[Rh](=[O])=[O]. The van der Waals surface area contributed by atoms with Gasteiger partial charge < -0.3 is 0 Å². The minimum atomic E-state index is -3.83. The second-order valence-corrected chi connectivity index (χ2v) is 0.986. The summed E-state index contributed by atoms with van der Waals surface area (Å²) in [5, 5.41) is 0. The average molecular weight is 151 g/mol. The molecule has 0 aliphatic heterocycles. The van der Waals surface area contributed by atoms with Gasteiger partial charge in [0.1, 0.15) is 0 Å². The predicted octanol–water partition coefficient (Wildman–Crippen LogP) is -0.359. The van der Waals surface area contributed by atoms with Gasteiger partial charge in [-0.25, -0.2) is 0 Å². The fraction of sp³-hybridized carbons (Fsp3) is 0. The molecule has 4 heteroatoms. The summed E-state index contributed by atoms with van der Waals surface area (Å²) in [7, 11) is 0. The zero-order valence-corrected chi connectivity index (χ0v) is 3.20. The van der Waals surface area contributed by atoms with Crippen LogP contribution in [0, 0.1) is 0 Å². The second-order valence-electron chi connectivity index (χ2n) is 0.167. The Hall–Kier alpha value is 0.0234. The molecule has 0 spiro atoms. The molecule has 0 aromatic heterocycles. The Morgan fingerprint density at radius 2 is 1.00 bits per heavy atom. The molecular weight excluding hydrogens is 151 g/mol. The van der Waals surface area contributed by atoms with Gasteiger partial charge in [0.2, 0.25) is 0 Å². The van der Waals surface area contributed by atoms with Gasteiger partial charge in [-0.1, -0.05) is 0 Å². The van der Waals surface area contributed by atoms with E-state index >= 15 is 0 Å². The molecule has 0 N–H and O–H groups in total. The van der Waals surface area contributed by atoms with Crippen molar-refractivity contribution in [2.24, 2.45) is 0 Å². The quantitative estimate of drug-likeness (QED) is 0.444. The van der Waals surface area contributed by atoms with E-state index in [1.807, 2.05) is 0 Å². The molecule has 0 heterocycles. The standard InChI is InChI=1S/3O.Rh. The van der Waals surface area contributed by atoms with E-state index in [1.54, 1.807) is 0 Å². The Balaban J connectivity index is 4.65. The van der Waals surface area contributed by atoms with E-state index in [0.29, 0.717) is 0 Å². The normalized spacial score (nSPS) is 8.25. The Bertz CT molecular complexity index is 72.7. The molecule has 0 aliphatic rings. The maximum absolute atomic E-state index is 8.55. The van der Waals surface area contributed by atoms with E-state index in [1.165, 1.54) is 0 Å². The van der Waals surface area contributed by atoms with Gasteiger partial charge in [0, 0.05) is 0 Å². The van der Waals surface area contributed by atoms with Crippen LogP contribution in [0.5, 0.6) is 0 Å². The van der Waals surface area contributed by atoms with Crippen LogP contribution in [0.4, 0.5) is 0 Å². The topological polar surface area (TPSA) is 51.2 Å². The first kappa shape index (κ1) is 4.02. The third-order valence-corrected chi connectivity index (χ3v) is 0. The zero-order chi connectivity index (χ0) is 3.58. The first-order valence-corrected chi connectivity index (χ1v) is 2.42. The van der Waals surface area contributed by atoms with Crippen LogP contribution in [0.3, 0.4) is 0 Å². The first-order valence-electron chi connectivity index (χ1n) is 0.408. The van der Waals surface area contributed by atoms with E-state index < -0.39 is 15.8 Å². The van der Waals surface area contributed by atoms with E-state index in [9.17, 15) is 0 Å². The summed E-state index contributed by atoms with van der Waals surface area (Å²) in [5.74, 6) is 0. The fourth-order valence-corrected chi connectivity index (χ4v) is 0. The van der Waals surface area contributed by atoms with Crippen molar-refractivity contribution < 1.29 is 26.5 Å². The Kier molecular flexibility index (Phi) is 1.36. The molecule has 4 heavy (non-hydrogen) atoms. The van der Waals surface area contributed by atoms with Gasteiger partial charge in [-0.15, -0.1) is 0 Å². The predicted molar refractivity (Wildman–Crippen MR) is 2.06 cm³/mol. The van der Waals surface area contributed by atoms with E-state index in [-0.39, 0.29) is 0 Å². The average Bonchev–Trinajstić information content (AvgIpc) is 0.811. The van der Waals surface area contributed by atoms with Gasteiger partial charge in [-0.2, -0.15) is 0 Å². The van der Waals surface area contributed by atoms with Crippen LogP contribution in [0.1, 0.15) is 0 Å². The van der Waals surface area contributed by atoms with E-state index in [0.717, 1.165) is 0 Å². The molecule has 3 nitrogen and oxygen atoms in total. The van der Waals surface area contributed by atoms with Crippen molar-refractivity contribution in [2.45, 2.75) is 0 Å². The van der Waals surface area contributed by atoms with Crippen LogP contribution in [0.25, 0.3) is 0 Å². The van der Waals surface area contributed by atoms with Crippen LogP contribution in [0.15, 0.2) is 0 Å². The van der Waals surface area contributed by atoms with Gasteiger partial charge in [0.25, 0.3) is 0 Å². The number of hydrogen-bond donors (Lipinski definition) is 0. The molecule has 0 unspecified atom stereocenters. The Morgan fingerprint density at radius 1 is 1.00 bits per heavy atom. The molecule has 0 aromatic carbocycles. The Labute approximate surface area is 27.3 Å². The monoisotopic (exact) mass is 151 g/mol. The van der Waals surface area contributed by atoms with Crippen molar-refractivity contribution in [2.75, 3.05) is 0 Å². The minimum absolute atomic E-state index is 3.83. The molecule has 27 valence electrons. The van der Waals surface area contributed by atoms with Crippen molar-refractivity contribution in [3.63, 3.8) is 0 Å². The number of rotatable bonds is 0. The summed E-state index contributed by atoms with van der Waals surface area (Å²) in [6.45, 7) is 0. The summed E-state index contributed by atoms with van der Waals surface area (Å²) >= 11 is -3.83. The summed E-state index contributed by atoms with van der Waals surface area (Å²) < 4.78 is 25.6. The zero-order valence-electron chi connectivity index (χ0n) is 1.56. The van der Waals surface area contributed by atoms with E-state index in [4.69, 9.17) is 10.7 Å². The molecular formula is O3Rh. The second kappa shape index (κ2) is 1.35. The third kappa shape index (κ3) is 3880. The summed E-state index contributed by atoms with van der Waals surface area (Å²) in [6.07, 6.45) is 0. The summed E-state index contributed by atoms with van der Waals surface area (Å²) in [5.41, 5.74) is 0. The molecule has 0 radical (unpaired) electrons. The van der Waals surface area contributed by atoms with Gasteiger partial charge in [-0.05, 0) is 0 Å². The van der Waals surface area contributed by atoms with Crippen molar-refractivity contribution in [1.29, 1.82) is 0 Å². The van der Waals surface area contributed by atoms with Crippen LogP contribution >= 0.6 is 0 Å². The van der Waals surface area contributed by atoms with Crippen molar-refractivity contribution in [1.82, 2.24) is 0 Å². The van der Waals surface area contributed by atoms with E-state index in [2.05, 4.69) is 0 Å². The molecule has 0 atom stereocenters. The van der Waals surface area contributed by atoms with Crippen molar-refractivity contribution >= 4 is 0 Å². The van der Waals surface area contributed by atoms with Crippen LogP contribution in [0.2, 0.25) is 0 Å². The summed E-state index contributed by atoms with van der Waals surface area (Å²) in [6, 6.07) is 0. The molecule has 0 amide bonds. The van der Waals surface area contributed by atoms with Gasteiger partial charge in [0.15, 0.2) is 0 Å². The van der Waals surface area contributed by atoms with Gasteiger partial charge in [-0.3, -0.25) is 0 Å². The maximum atomic E-state index is 8.55. The number of hydrogen-bond acceptors (Lipinski definition) is 3. The van der Waals surface area contributed by atoms with Crippen LogP contribution in [-0.2, 0) is 26.5 Å². The first-order chi connectivity index (χ1) is 1.73. The molecule has 0 saturated heterocycles. The molecule has 0 bridgehead atoms. The van der Waals surface area contributed by atoms with Crippen molar-refractivity contribution in [3.8, 4) is 0 Å². The van der Waals surface area contributed by atoms with Gasteiger partial charge >= 0.3 is 26.5 Å².